The zero-order valence-electron chi connectivity index (χ0n) is 17.3. The molecule has 150 valence electrons. The fourth-order valence-electron chi connectivity index (χ4n) is 2.89. The summed E-state index contributed by atoms with van der Waals surface area (Å²) in [5.41, 5.74) is 8.95. The van der Waals surface area contributed by atoms with E-state index in [1.165, 1.54) is 11.1 Å². The lowest BCUT2D eigenvalue weighted by Crippen LogP contribution is -2.26. The van der Waals surface area contributed by atoms with Crippen molar-refractivity contribution in [3.8, 4) is 5.69 Å². The van der Waals surface area contributed by atoms with Gasteiger partial charge in [0.15, 0.2) is 0 Å². The maximum Gasteiger partial charge on any atom is 0.259 e. The Labute approximate surface area is 171 Å². The molecule has 0 spiro atoms. The average molecular weight is 390 g/mol. The highest BCUT2D eigenvalue weighted by molar-refractivity contribution is 5.84. The van der Waals surface area contributed by atoms with E-state index >= 15 is 0 Å². The molecule has 1 heterocycles. The molecule has 0 aliphatic rings. The molecule has 0 fully saturated rings. The predicted octanol–water partition coefficient (Wildman–Crippen LogP) is 3.72. The van der Waals surface area contributed by atoms with Crippen molar-refractivity contribution in [1.29, 1.82) is 0 Å². The molecule has 3 aromatic rings. The predicted molar refractivity (Wildman–Crippen MR) is 120 cm³/mol. The van der Waals surface area contributed by atoms with E-state index in [-0.39, 0.29) is 12.5 Å². The second-order valence-corrected chi connectivity index (χ2v) is 7.16. The van der Waals surface area contributed by atoms with Gasteiger partial charge in [0.2, 0.25) is 0 Å². The molecular weight excluding hydrogens is 362 g/mol. The molecule has 0 aliphatic carbocycles. The molecule has 0 saturated heterocycles. The van der Waals surface area contributed by atoms with Crippen LogP contribution in [0.15, 0.2) is 65.9 Å². The lowest BCUT2D eigenvalue weighted by molar-refractivity contribution is -0.119. The second kappa shape index (κ2) is 9.10. The molecule has 1 amide bonds. The molecule has 1 aromatic heterocycles. The zero-order valence-corrected chi connectivity index (χ0v) is 17.3. The first-order chi connectivity index (χ1) is 13.9. The molecule has 0 saturated carbocycles. The van der Waals surface area contributed by atoms with Crippen LogP contribution in [0.3, 0.4) is 0 Å². The molecule has 3 rings (SSSR count). The molecule has 0 radical (unpaired) electrons. The summed E-state index contributed by atoms with van der Waals surface area (Å²) in [6.45, 7) is 4.27. The molecule has 6 nitrogen and oxygen atoms in total. The minimum atomic E-state index is -0.201. The van der Waals surface area contributed by atoms with Crippen molar-refractivity contribution < 1.29 is 4.79 Å². The number of hydrogen-bond acceptors (Lipinski definition) is 4. The number of hydrogen-bond donors (Lipinski definition) is 2. The van der Waals surface area contributed by atoms with E-state index < -0.39 is 0 Å². The number of hydrazone groups is 1. The van der Waals surface area contributed by atoms with E-state index in [9.17, 15) is 4.79 Å². The molecule has 0 unspecified atom stereocenters. The number of benzene rings is 2. The van der Waals surface area contributed by atoms with Crippen LogP contribution in [-0.2, 0) is 4.79 Å². The maximum atomic E-state index is 12.1. The summed E-state index contributed by atoms with van der Waals surface area (Å²) < 4.78 is 2.02. The molecular formula is C23H27N5O. The number of nitrogens with zero attached hydrogens (tertiary/aromatic N) is 3. The highest BCUT2D eigenvalue weighted by atomic mass is 16.2. The van der Waals surface area contributed by atoms with Gasteiger partial charge in [0.1, 0.15) is 0 Å². The van der Waals surface area contributed by atoms with Gasteiger partial charge in [0.25, 0.3) is 5.91 Å². The Morgan fingerprint density at radius 3 is 2.52 bits per heavy atom. The quantitative estimate of drug-likeness (QED) is 0.478. The Kier molecular flexibility index (Phi) is 6.34. The number of rotatable bonds is 7. The highest BCUT2D eigenvalue weighted by Crippen LogP contribution is 2.17. The van der Waals surface area contributed by atoms with Gasteiger partial charge in [-0.3, -0.25) is 4.79 Å². The van der Waals surface area contributed by atoms with Crippen molar-refractivity contribution in [1.82, 2.24) is 9.99 Å². The van der Waals surface area contributed by atoms with Gasteiger partial charge in [-0.15, -0.1) is 0 Å². The Bertz CT molecular complexity index is 1000. The number of amides is 1. The molecule has 0 atom stereocenters. The SMILES string of the molecule is Cc1ccc(NCC(=O)N/N=C\c2cccn2-c2ccc(N(C)C)cc2)cc1C. The summed E-state index contributed by atoms with van der Waals surface area (Å²) in [5.74, 6) is -0.201. The van der Waals surface area contributed by atoms with Crippen molar-refractivity contribution in [2.45, 2.75) is 13.8 Å². The third-order valence-electron chi connectivity index (χ3n) is 4.77. The third kappa shape index (κ3) is 5.25. The van der Waals surface area contributed by atoms with Crippen LogP contribution in [0.5, 0.6) is 0 Å². The van der Waals surface area contributed by atoms with Gasteiger partial charge in [-0.1, -0.05) is 6.07 Å². The van der Waals surface area contributed by atoms with Crippen molar-refractivity contribution >= 4 is 23.5 Å². The summed E-state index contributed by atoms with van der Waals surface area (Å²) >= 11 is 0. The number of aryl methyl sites for hydroxylation is 2. The van der Waals surface area contributed by atoms with Gasteiger partial charge in [0, 0.05) is 37.4 Å². The van der Waals surface area contributed by atoms with Crippen molar-refractivity contribution in [2.24, 2.45) is 5.10 Å². The van der Waals surface area contributed by atoms with Gasteiger partial charge in [0.05, 0.1) is 18.5 Å². The number of carbonyl (C=O) groups is 1. The summed E-state index contributed by atoms with van der Waals surface area (Å²) in [4.78, 5) is 14.1. The molecule has 2 N–H and O–H groups in total. The van der Waals surface area contributed by atoms with Crippen LogP contribution < -0.4 is 15.6 Å². The zero-order chi connectivity index (χ0) is 20.8. The molecule has 0 aliphatic heterocycles. The molecule has 29 heavy (non-hydrogen) atoms. The summed E-state index contributed by atoms with van der Waals surface area (Å²) in [7, 11) is 4.03. The van der Waals surface area contributed by atoms with E-state index in [0.717, 1.165) is 22.8 Å². The minimum absolute atomic E-state index is 0.160. The summed E-state index contributed by atoms with van der Waals surface area (Å²) in [5, 5.41) is 7.21. The van der Waals surface area contributed by atoms with Gasteiger partial charge >= 0.3 is 0 Å². The lowest BCUT2D eigenvalue weighted by Gasteiger charge is -2.13. The number of aromatic nitrogens is 1. The largest absolute Gasteiger partial charge is 0.378 e. The second-order valence-electron chi connectivity index (χ2n) is 7.16. The van der Waals surface area contributed by atoms with Crippen LogP contribution >= 0.6 is 0 Å². The smallest absolute Gasteiger partial charge is 0.259 e. The Morgan fingerprint density at radius 2 is 1.83 bits per heavy atom. The van der Waals surface area contributed by atoms with Crippen LogP contribution in [0.2, 0.25) is 0 Å². The van der Waals surface area contributed by atoms with E-state index in [1.54, 1.807) is 6.21 Å². The Morgan fingerprint density at radius 1 is 1.07 bits per heavy atom. The normalized spacial score (nSPS) is 10.9. The first-order valence-electron chi connectivity index (χ1n) is 9.52. The van der Waals surface area contributed by atoms with Gasteiger partial charge < -0.3 is 14.8 Å². The number of carbonyl (C=O) groups excluding carboxylic acids is 1. The van der Waals surface area contributed by atoms with Crippen LogP contribution in [-0.4, -0.2) is 37.3 Å². The summed E-state index contributed by atoms with van der Waals surface area (Å²) in [6.07, 6.45) is 3.61. The average Bonchev–Trinajstić information content (AvgIpc) is 3.17. The standard InChI is InChI=1S/C23H27N5O/c1-17-7-8-19(14-18(17)2)24-16-23(29)26-25-15-22-6-5-13-28(22)21-11-9-20(10-12-21)27(3)4/h5-15,24H,16H2,1-4H3,(H,26,29)/b25-15-. The fraction of sp³-hybridized carbons (Fsp3) is 0.217. The van der Waals surface area contributed by atoms with Gasteiger partial charge in [-0.25, -0.2) is 5.43 Å². The van der Waals surface area contributed by atoms with Crippen LogP contribution in [0.4, 0.5) is 11.4 Å². The molecule has 0 bridgehead atoms. The minimum Gasteiger partial charge on any atom is -0.378 e. The number of anilines is 2. The van der Waals surface area contributed by atoms with E-state index in [2.05, 4.69) is 51.9 Å². The van der Waals surface area contributed by atoms with Crippen LogP contribution in [0, 0.1) is 13.8 Å². The maximum absolute atomic E-state index is 12.1. The monoisotopic (exact) mass is 389 g/mol. The molecule has 2 aromatic carbocycles. The lowest BCUT2D eigenvalue weighted by atomic mass is 10.1. The molecule has 6 heteroatoms. The first kappa shape index (κ1) is 20.2. The Balaban J connectivity index is 1.57. The number of nitrogens with one attached hydrogen (secondary N) is 2. The van der Waals surface area contributed by atoms with E-state index in [4.69, 9.17) is 0 Å². The fourth-order valence-corrected chi connectivity index (χ4v) is 2.89. The Hall–Kier alpha value is -3.54. The van der Waals surface area contributed by atoms with Gasteiger partial charge in [-0.05, 0) is 73.5 Å². The van der Waals surface area contributed by atoms with E-state index in [0.29, 0.717) is 0 Å². The van der Waals surface area contributed by atoms with Crippen LogP contribution in [0.25, 0.3) is 5.69 Å². The van der Waals surface area contributed by atoms with Crippen molar-refractivity contribution in [3.05, 3.63) is 77.6 Å². The third-order valence-corrected chi connectivity index (χ3v) is 4.77. The van der Waals surface area contributed by atoms with E-state index in [1.807, 2.05) is 62.1 Å². The first-order valence-corrected chi connectivity index (χ1v) is 9.52. The van der Waals surface area contributed by atoms with Crippen molar-refractivity contribution in [2.75, 3.05) is 30.9 Å². The topological polar surface area (TPSA) is 61.7 Å². The highest BCUT2D eigenvalue weighted by Gasteiger charge is 2.04. The van der Waals surface area contributed by atoms with Crippen molar-refractivity contribution in [3.63, 3.8) is 0 Å². The van der Waals surface area contributed by atoms with Crippen LogP contribution in [0.1, 0.15) is 16.8 Å². The summed E-state index contributed by atoms with van der Waals surface area (Å²) in [6, 6.07) is 18.2. The van der Waals surface area contributed by atoms with Gasteiger partial charge in [-0.2, -0.15) is 5.10 Å².